The maximum Gasteiger partial charge on any atom is 0.246 e. The monoisotopic (exact) mass is 329 g/mol. The molecule has 1 aliphatic rings. The number of hydrogen-bond donors (Lipinski definition) is 0. The predicted octanol–water partition coefficient (Wildman–Crippen LogP) is 2.87. The van der Waals surface area contributed by atoms with Crippen molar-refractivity contribution in [2.24, 2.45) is 0 Å². The summed E-state index contributed by atoms with van der Waals surface area (Å²) >= 11 is 0. The third-order valence-corrected chi connectivity index (χ3v) is 6.28. The zero-order chi connectivity index (χ0) is 16.6. The van der Waals surface area contributed by atoms with E-state index >= 15 is 0 Å². The average Bonchev–Trinajstić information content (AvgIpc) is 2.54. The maximum atomic E-state index is 13.1. The summed E-state index contributed by atoms with van der Waals surface area (Å²) in [7, 11) is -3.78. The Balaban J connectivity index is 2.16. The van der Waals surface area contributed by atoms with Gasteiger partial charge in [-0.1, -0.05) is 42.0 Å². The number of sulfone groups is 1. The topological polar surface area (TPSA) is 54.5 Å². The van der Waals surface area contributed by atoms with Crippen molar-refractivity contribution in [2.75, 3.05) is 6.54 Å². The number of aryl methyl sites for hydroxylation is 1. The minimum Gasteiger partial charge on any atom is -0.337 e. The second kappa shape index (κ2) is 5.81. The van der Waals surface area contributed by atoms with Crippen LogP contribution in [0.1, 0.15) is 28.9 Å². The Kier molecular flexibility index (Phi) is 3.98. The van der Waals surface area contributed by atoms with Crippen LogP contribution in [0.3, 0.4) is 0 Å². The Labute approximate surface area is 136 Å². The SMILES string of the molecule is CCN1Cc2ccccc2C(S(=O)(=O)c2ccc(C)cc2)C1=O. The van der Waals surface area contributed by atoms with Crippen LogP contribution in [0.4, 0.5) is 0 Å². The van der Waals surface area contributed by atoms with Crippen molar-refractivity contribution in [3.05, 3.63) is 65.2 Å². The molecular formula is C18H19NO3S. The van der Waals surface area contributed by atoms with Crippen LogP contribution in [0.15, 0.2) is 53.4 Å². The molecule has 3 rings (SSSR count). The quantitative estimate of drug-likeness (QED) is 0.870. The molecule has 120 valence electrons. The molecule has 1 aliphatic heterocycles. The van der Waals surface area contributed by atoms with Crippen LogP contribution in [-0.2, 0) is 21.2 Å². The molecule has 1 unspecified atom stereocenters. The van der Waals surface area contributed by atoms with Crippen molar-refractivity contribution in [3.8, 4) is 0 Å². The van der Waals surface area contributed by atoms with E-state index in [1.807, 2.05) is 26.0 Å². The lowest BCUT2D eigenvalue weighted by Crippen LogP contribution is -2.42. The fourth-order valence-corrected chi connectivity index (χ4v) is 4.71. The summed E-state index contributed by atoms with van der Waals surface area (Å²) in [5, 5.41) is -1.16. The van der Waals surface area contributed by atoms with E-state index in [2.05, 4.69) is 0 Å². The Morgan fingerprint density at radius 3 is 2.39 bits per heavy atom. The molecule has 1 heterocycles. The molecule has 2 aromatic rings. The number of amides is 1. The number of fused-ring (bicyclic) bond motifs is 1. The zero-order valence-corrected chi connectivity index (χ0v) is 14.0. The van der Waals surface area contributed by atoms with Crippen LogP contribution < -0.4 is 0 Å². The predicted molar refractivity (Wildman–Crippen MR) is 88.6 cm³/mol. The van der Waals surface area contributed by atoms with Gasteiger partial charge in [0.05, 0.1) is 4.90 Å². The molecule has 0 bridgehead atoms. The van der Waals surface area contributed by atoms with E-state index in [4.69, 9.17) is 0 Å². The van der Waals surface area contributed by atoms with Gasteiger partial charge in [-0.2, -0.15) is 0 Å². The van der Waals surface area contributed by atoms with E-state index in [-0.39, 0.29) is 10.8 Å². The molecule has 1 amide bonds. The van der Waals surface area contributed by atoms with Crippen LogP contribution >= 0.6 is 0 Å². The summed E-state index contributed by atoms with van der Waals surface area (Å²) in [5.74, 6) is -0.341. The van der Waals surface area contributed by atoms with Gasteiger partial charge in [0.25, 0.3) is 0 Å². The number of likely N-dealkylation sites (N-methyl/N-ethyl adjacent to an activating group) is 1. The Morgan fingerprint density at radius 2 is 1.74 bits per heavy atom. The maximum absolute atomic E-state index is 13.1. The fraction of sp³-hybridized carbons (Fsp3) is 0.278. The molecule has 4 nitrogen and oxygen atoms in total. The molecular weight excluding hydrogens is 310 g/mol. The van der Waals surface area contributed by atoms with Crippen LogP contribution in [-0.4, -0.2) is 25.8 Å². The summed E-state index contributed by atoms with van der Waals surface area (Å²) in [6.07, 6.45) is 0. The van der Waals surface area contributed by atoms with Gasteiger partial charge in [-0.3, -0.25) is 4.79 Å². The molecule has 0 N–H and O–H groups in total. The summed E-state index contributed by atoms with van der Waals surface area (Å²) in [5.41, 5.74) is 2.48. The highest BCUT2D eigenvalue weighted by molar-refractivity contribution is 7.92. The molecule has 0 spiro atoms. The van der Waals surface area contributed by atoms with Gasteiger partial charge in [0.2, 0.25) is 5.91 Å². The van der Waals surface area contributed by atoms with E-state index in [9.17, 15) is 13.2 Å². The lowest BCUT2D eigenvalue weighted by atomic mass is 9.99. The molecule has 0 saturated carbocycles. The number of nitrogens with zero attached hydrogens (tertiary/aromatic N) is 1. The molecule has 23 heavy (non-hydrogen) atoms. The van der Waals surface area contributed by atoms with Crippen molar-refractivity contribution in [2.45, 2.75) is 30.5 Å². The molecule has 2 aromatic carbocycles. The van der Waals surface area contributed by atoms with E-state index in [1.54, 1.807) is 41.3 Å². The van der Waals surface area contributed by atoms with Gasteiger partial charge in [-0.15, -0.1) is 0 Å². The number of carbonyl (C=O) groups excluding carboxylic acids is 1. The molecule has 1 atom stereocenters. The normalized spacial score (nSPS) is 17.9. The molecule has 0 radical (unpaired) electrons. The van der Waals surface area contributed by atoms with Gasteiger partial charge < -0.3 is 4.90 Å². The first-order valence-electron chi connectivity index (χ1n) is 7.62. The van der Waals surface area contributed by atoms with Gasteiger partial charge in [0, 0.05) is 13.1 Å². The Morgan fingerprint density at radius 1 is 1.09 bits per heavy atom. The lowest BCUT2D eigenvalue weighted by Gasteiger charge is -2.33. The van der Waals surface area contributed by atoms with Crippen molar-refractivity contribution >= 4 is 15.7 Å². The van der Waals surface area contributed by atoms with Crippen LogP contribution in [0.5, 0.6) is 0 Å². The van der Waals surface area contributed by atoms with Gasteiger partial charge in [0.15, 0.2) is 15.1 Å². The summed E-state index contributed by atoms with van der Waals surface area (Å²) in [6.45, 7) is 4.72. The van der Waals surface area contributed by atoms with Crippen LogP contribution in [0, 0.1) is 6.92 Å². The average molecular weight is 329 g/mol. The fourth-order valence-electron chi connectivity index (χ4n) is 2.95. The summed E-state index contributed by atoms with van der Waals surface area (Å²) in [4.78, 5) is 14.5. The minimum atomic E-state index is -3.78. The minimum absolute atomic E-state index is 0.189. The Hall–Kier alpha value is -2.14. The molecule has 5 heteroatoms. The molecule has 0 aromatic heterocycles. The molecule has 0 saturated heterocycles. The third kappa shape index (κ3) is 2.65. The second-order valence-electron chi connectivity index (χ2n) is 5.79. The van der Waals surface area contributed by atoms with Crippen LogP contribution in [0.25, 0.3) is 0 Å². The van der Waals surface area contributed by atoms with Crippen molar-refractivity contribution < 1.29 is 13.2 Å². The highest BCUT2D eigenvalue weighted by Gasteiger charge is 2.42. The highest BCUT2D eigenvalue weighted by Crippen LogP contribution is 2.36. The van der Waals surface area contributed by atoms with Crippen LogP contribution in [0.2, 0.25) is 0 Å². The van der Waals surface area contributed by atoms with Crippen molar-refractivity contribution in [1.29, 1.82) is 0 Å². The number of rotatable bonds is 3. The molecule has 0 aliphatic carbocycles. The highest BCUT2D eigenvalue weighted by atomic mass is 32.2. The largest absolute Gasteiger partial charge is 0.337 e. The Bertz CT molecular complexity index is 841. The van der Waals surface area contributed by atoms with Gasteiger partial charge in [-0.25, -0.2) is 8.42 Å². The summed E-state index contributed by atoms with van der Waals surface area (Å²) in [6, 6.07) is 14.0. The summed E-state index contributed by atoms with van der Waals surface area (Å²) < 4.78 is 26.2. The van der Waals surface area contributed by atoms with Gasteiger partial charge >= 0.3 is 0 Å². The zero-order valence-electron chi connectivity index (χ0n) is 13.2. The number of benzene rings is 2. The van der Waals surface area contributed by atoms with E-state index in [0.717, 1.165) is 11.1 Å². The van der Waals surface area contributed by atoms with Gasteiger partial charge in [0.1, 0.15) is 0 Å². The van der Waals surface area contributed by atoms with E-state index in [0.29, 0.717) is 18.7 Å². The molecule has 0 fully saturated rings. The first kappa shape index (κ1) is 15.7. The number of hydrogen-bond acceptors (Lipinski definition) is 3. The third-order valence-electron chi connectivity index (χ3n) is 4.28. The first-order valence-corrected chi connectivity index (χ1v) is 9.17. The first-order chi connectivity index (χ1) is 10.9. The number of carbonyl (C=O) groups is 1. The van der Waals surface area contributed by atoms with Gasteiger partial charge in [-0.05, 0) is 37.1 Å². The lowest BCUT2D eigenvalue weighted by molar-refractivity contribution is -0.132. The van der Waals surface area contributed by atoms with Crippen molar-refractivity contribution in [3.63, 3.8) is 0 Å². The standard InChI is InChI=1S/C18H19NO3S/c1-3-19-12-14-6-4-5-7-16(14)17(18(19)20)23(21,22)15-10-8-13(2)9-11-15/h4-11,17H,3,12H2,1-2H3. The van der Waals surface area contributed by atoms with Crippen molar-refractivity contribution in [1.82, 2.24) is 4.90 Å². The smallest absolute Gasteiger partial charge is 0.246 e. The second-order valence-corrected chi connectivity index (χ2v) is 7.82. The van der Waals surface area contributed by atoms with E-state index in [1.165, 1.54) is 0 Å². The van der Waals surface area contributed by atoms with E-state index < -0.39 is 15.1 Å².